The minimum Gasteiger partial charge on any atom is -0.374 e. The number of amidine groups is 1. The Kier molecular flexibility index (Phi) is 7.52. The van der Waals surface area contributed by atoms with Crippen molar-refractivity contribution in [3.8, 4) is 0 Å². The largest absolute Gasteiger partial charge is 0.416 e. The monoisotopic (exact) mass is 294 g/mol. The van der Waals surface area contributed by atoms with Gasteiger partial charge in [0.15, 0.2) is 0 Å². The van der Waals surface area contributed by atoms with E-state index in [1.54, 1.807) is 6.07 Å². The molecule has 0 saturated heterocycles. The highest BCUT2D eigenvalue weighted by Gasteiger charge is 2.30. The van der Waals surface area contributed by atoms with E-state index >= 15 is 0 Å². The van der Waals surface area contributed by atoms with Gasteiger partial charge >= 0.3 is 6.18 Å². The molecule has 0 atom stereocenters. The van der Waals surface area contributed by atoms with E-state index in [1.165, 1.54) is 12.1 Å². The van der Waals surface area contributed by atoms with Crippen molar-refractivity contribution in [2.75, 3.05) is 13.1 Å². The van der Waals surface area contributed by atoms with E-state index in [0.717, 1.165) is 11.9 Å². The topological polar surface area (TPSA) is 24.4 Å². The summed E-state index contributed by atoms with van der Waals surface area (Å²) >= 11 is 0. The second kappa shape index (κ2) is 8.04. The zero-order chi connectivity index (χ0) is 13.6. The van der Waals surface area contributed by atoms with Gasteiger partial charge in [-0.25, -0.2) is 0 Å². The maximum atomic E-state index is 12.6. The van der Waals surface area contributed by atoms with Crippen LogP contribution in [0.25, 0.3) is 0 Å². The number of rotatable bonds is 4. The molecule has 0 fully saturated rings. The van der Waals surface area contributed by atoms with Gasteiger partial charge in [-0.1, -0.05) is 18.2 Å². The van der Waals surface area contributed by atoms with Crippen LogP contribution in [0.15, 0.2) is 29.3 Å². The standard InChI is InChI=1S/C13H17F3N2.ClH/c1-3-17-12(18-4-2)9-10-6-5-7-11(8-10)13(14,15)16;/h5-8H,3-4,9H2,1-2H3,(H,17,18);1H. The molecular weight excluding hydrogens is 277 g/mol. The Balaban J connectivity index is 0.00000324. The summed E-state index contributed by atoms with van der Waals surface area (Å²) in [5, 5.41) is 3.06. The summed E-state index contributed by atoms with van der Waals surface area (Å²) in [6, 6.07) is 5.35. The van der Waals surface area contributed by atoms with Crippen LogP contribution in [-0.4, -0.2) is 18.9 Å². The fraction of sp³-hybridized carbons (Fsp3) is 0.462. The molecule has 0 bridgehead atoms. The van der Waals surface area contributed by atoms with E-state index in [2.05, 4.69) is 10.3 Å². The molecule has 0 heterocycles. The lowest BCUT2D eigenvalue weighted by molar-refractivity contribution is -0.137. The van der Waals surface area contributed by atoms with Gasteiger partial charge in [0.05, 0.1) is 5.56 Å². The van der Waals surface area contributed by atoms with Crippen LogP contribution in [0.1, 0.15) is 25.0 Å². The molecule has 0 saturated carbocycles. The second-order valence-electron chi connectivity index (χ2n) is 3.83. The molecule has 0 aliphatic rings. The summed E-state index contributed by atoms with van der Waals surface area (Å²) in [4.78, 5) is 4.23. The highest BCUT2D eigenvalue weighted by Crippen LogP contribution is 2.29. The molecule has 1 aromatic carbocycles. The van der Waals surface area contributed by atoms with E-state index in [-0.39, 0.29) is 12.4 Å². The Bertz CT molecular complexity index is 417. The van der Waals surface area contributed by atoms with E-state index in [0.29, 0.717) is 25.1 Å². The third-order valence-corrected chi connectivity index (χ3v) is 2.36. The summed E-state index contributed by atoms with van der Waals surface area (Å²) < 4.78 is 37.7. The van der Waals surface area contributed by atoms with Gasteiger partial charge in [-0.05, 0) is 25.5 Å². The molecule has 6 heteroatoms. The molecule has 1 rings (SSSR count). The SMILES string of the molecule is CCN=C(Cc1cccc(C(F)(F)F)c1)NCC.Cl. The first-order chi connectivity index (χ1) is 8.47. The first kappa shape index (κ1) is 17.8. The molecular formula is C13H18ClF3N2. The van der Waals surface area contributed by atoms with Crippen LogP contribution in [0.4, 0.5) is 13.2 Å². The van der Waals surface area contributed by atoms with E-state index in [4.69, 9.17) is 0 Å². The van der Waals surface area contributed by atoms with Crippen LogP contribution in [-0.2, 0) is 12.6 Å². The number of likely N-dealkylation sites (N-methyl/N-ethyl adjacent to an activating group) is 1. The molecule has 0 spiro atoms. The maximum Gasteiger partial charge on any atom is 0.416 e. The highest BCUT2D eigenvalue weighted by atomic mass is 35.5. The lowest BCUT2D eigenvalue weighted by Gasteiger charge is -2.11. The summed E-state index contributed by atoms with van der Waals surface area (Å²) in [6.45, 7) is 5.14. The predicted octanol–water partition coefficient (Wildman–Crippen LogP) is 3.70. The Hall–Kier alpha value is -1.23. The van der Waals surface area contributed by atoms with Crippen LogP contribution in [0, 0.1) is 0 Å². The number of hydrogen-bond donors (Lipinski definition) is 1. The third-order valence-electron chi connectivity index (χ3n) is 2.36. The van der Waals surface area contributed by atoms with Crippen LogP contribution in [0.2, 0.25) is 0 Å². The Morgan fingerprint density at radius 2 is 1.95 bits per heavy atom. The molecule has 0 aliphatic carbocycles. The zero-order valence-electron chi connectivity index (χ0n) is 10.9. The fourth-order valence-corrected chi connectivity index (χ4v) is 1.62. The second-order valence-corrected chi connectivity index (χ2v) is 3.83. The molecule has 1 aromatic rings. The number of nitrogens with zero attached hydrogens (tertiary/aromatic N) is 1. The fourth-order valence-electron chi connectivity index (χ4n) is 1.62. The lowest BCUT2D eigenvalue weighted by atomic mass is 10.1. The average molecular weight is 295 g/mol. The van der Waals surface area contributed by atoms with Gasteiger partial charge in [0.25, 0.3) is 0 Å². The molecule has 1 N–H and O–H groups in total. The molecule has 108 valence electrons. The van der Waals surface area contributed by atoms with Crippen LogP contribution >= 0.6 is 12.4 Å². The molecule has 0 radical (unpaired) electrons. The van der Waals surface area contributed by atoms with Crippen molar-refractivity contribution < 1.29 is 13.2 Å². The minimum atomic E-state index is -4.30. The van der Waals surface area contributed by atoms with Gasteiger partial charge in [0.1, 0.15) is 5.84 Å². The number of halogens is 4. The van der Waals surface area contributed by atoms with Gasteiger partial charge in [-0.15, -0.1) is 12.4 Å². The van der Waals surface area contributed by atoms with Crippen molar-refractivity contribution in [1.82, 2.24) is 5.32 Å². The highest BCUT2D eigenvalue weighted by molar-refractivity contribution is 5.85. The molecule has 2 nitrogen and oxygen atoms in total. The number of benzene rings is 1. The molecule has 19 heavy (non-hydrogen) atoms. The van der Waals surface area contributed by atoms with Gasteiger partial charge in [-0.2, -0.15) is 13.2 Å². The summed E-state index contributed by atoms with van der Waals surface area (Å²) in [6.07, 6.45) is -3.90. The van der Waals surface area contributed by atoms with Gasteiger partial charge < -0.3 is 5.32 Å². The number of aliphatic imine (C=N–C) groups is 1. The summed E-state index contributed by atoms with van der Waals surface area (Å²) in [7, 11) is 0. The minimum absolute atomic E-state index is 0. The van der Waals surface area contributed by atoms with Crippen molar-refractivity contribution >= 4 is 18.2 Å². The first-order valence-corrected chi connectivity index (χ1v) is 5.90. The van der Waals surface area contributed by atoms with Gasteiger partial charge in [-0.3, -0.25) is 4.99 Å². The Morgan fingerprint density at radius 3 is 2.47 bits per heavy atom. The lowest BCUT2D eigenvalue weighted by Crippen LogP contribution is -2.25. The zero-order valence-corrected chi connectivity index (χ0v) is 11.7. The quantitative estimate of drug-likeness (QED) is 0.664. The maximum absolute atomic E-state index is 12.6. The number of nitrogens with one attached hydrogen (secondary N) is 1. The molecule has 0 aromatic heterocycles. The van der Waals surface area contributed by atoms with Crippen molar-refractivity contribution in [1.29, 1.82) is 0 Å². The van der Waals surface area contributed by atoms with Crippen molar-refractivity contribution in [2.24, 2.45) is 4.99 Å². The smallest absolute Gasteiger partial charge is 0.374 e. The van der Waals surface area contributed by atoms with Gasteiger partial charge in [0, 0.05) is 19.5 Å². The van der Waals surface area contributed by atoms with Crippen LogP contribution in [0.5, 0.6) is 0 Å². The number of alkyl halides is 3. The third kappa shape index (κ3) is 5.96. The van der Waals surface area contributed by atoms with E-state index in [1.807, 2.05) is 13.8 Å². The van der Waals surface area contributed by atoms with Gasteiger partial charge in [0.2, 0.25) is 0 Å². The van der Waals surface area contributed by atoms with E-state index < -0.39 is 11.7 Å². The average Bonchev–Trinajstić information content (AvgIpc) is 2.29. The Morgan fingerprint density at radius 1 is 1.26 bits per heavy atom. The normalized spacial score (nSPS) is 11.9. The molecule has 0 aliphatic heterocycles. The van der Waals surface area contributed by atoms with E-state index in [9.17, 15) is 13.2 Å². The molecule has 0 unspecified atom stereocenters. The first-order valence-electron chi connectivity index (χ1n) is 5.90. The predicted molar refractivity (Wildman–Crippen MR) is 74.0 cm³/mol. The van der Waals surface area contributed by atoms with Crippen molar-refractivity contribution in [3.63, 3.8) is 0 Å². The van der Waals surface area contributed by atoms with Crippen molar-refractivity contribution in [2.45, 2.75) is 26.4 Å². The number of hydrogen-bond acceptors (Lipinski definition) is 1. The Labute approximate surface area is 117 Å². The van der Waals surface area contributed by atoms with Crippen LogP contribution < -0.4 is 5.32 Å². The molecule has 0 amide bonds. The summed E-state index contributed by atoms with van der Waals surface area (Å²) in [5.41, 5.74) is -0.00896. The van der Waals surface area contributed by atoms with Crippen LogP contribution in [0.3, 0.4) is 0 Å². The van der Waals surface area contributed by atoms with Crippen molar-refractivity contribution in [3.05, 3.63) is 35.4 Å². The summed E-state index contributed by atoms with van der Waals surface area (Å²) in [5.74, 6) is 0.722.